The Labute approximate surface area is 255 Å². The summed E-state index contributed by atoms with van der Waals surface area (Å²) in [5, 5.41) is 11.0. The molecule has 0 spiro atoms. The van der Waals surface area contributed by atoms with Gasteiger partial charge in [0.2, 0.25) is 0 Å². The van der Waals surface area contributed by atoms with Crippen molar-refractivity contribution in [3.05, 3.63) is 157 Å². The molecule has 0 saturated carbocycles. The van der Waals surface area contributed by atoms with Gasteiger partial charge in [-0.05, 0) is 65.0 Å². The molecule has 0 saturated heterocycles. The van der Waals surface area contributed by atoms with E-state index in [0.29, 0.717) is 11.3 Å². The van der Waals surface area contributed by atoms with E-state index in [9.17, 15) is 5.11 Å². The number of benzene rings is 4. The molecule has 1 atom stereocenters. The van der Waals surface area contributed by atoms with Crippen LogP contribution in [0.3, 0.4) is 0 Å². The Morgan fingerprint density at radius 1 is 0.683 bits per heavy atom. The quantitative estimate of drug-likeness (QED) is 0.168. The van der Waals surface area contributed by atoms with Crippen LogP contribution in [-0.2, 0) is 21.1 Å². The number of pyridine rings is 2. The molecule has 4 aromatic carbocycles. The van der Waals surface area contributed by atoms with Crippen molar-refractivity contribution in [1.29, 1.82) is 0 Å². The van der Waals surface area contributed by atoms with Crippen LogP contribution in [0.1, 0.15) is 24.0 Å². The molecule has 4 nitrogen and oxygen atoms in total. The van der Waals surface area contributed by atoms with Crippen molar-refractivity contribution in [2.75, 3.05) is 4.90 Å². The van der Waals surface area contributed by atoms with Gasteiger partial charge in [0.1, 0.15) is 11.6 Å². The zero-order valence-electron chi connectivity index (χ0n) is 22.5. The van der Waals surface area contributed by atoms with Crippen molar-refractivity contribution < 1.29 is 26.2 Å². The minimum absolute atomic E-state index is 0. The molecule has 0 aliphatic heterocycles. The van der Waals surface area contributed by atoms with Crippen molar-refractivity contribution in [2.24, 2.45) is 0 Å². The Balaban J connectivity index is 0.00000337. The van der Waals surface area contributed by atoms with Crippen molar-refractivity contribution in [3.63, 3.8) is 0 Å². The van der Waals surface area contributed by atoms with Crippen LogP contribution in [0.25, 0.3) is 22.5 Å². The first-order chi connectivity index (χ1) is 19.7. The van der Waals surface area contributed by atoms with Gasteiger partial charge in [-0.25, -0.2) is 4.98 Å². The van der Waals surface area contributed by atoms with Gasteiger partial charge < -0.3 is 10.0 Å². The van der Waals surface area contributed by atoms with Crippen LogP contribution in [0.4, 0.5) is 17.2 Å². The third-order valence-electron chi connectivity index (χ3n) is 7.04. The van der Waals surface area contributed by atoms with Gasteiger partial charge in [0.25, 0.3) is 0 Å². The van der Waals surface area contributed by atoms with E-state index in [1.165, 1.54) is 5.56 Å². The SMILES string of the molecule is CC(c1ccccc1)c1ccc(-c2cccc(-c3[c-]c(N(c4ccccc4)c4ccccn4)ccc3)n2)c(O)c1.[Pt]. The fourth-order valence-electron chi connectivity index (χ4n) is 4.90. The Morgan fingerprint density at radius 3 is 2.12 bits per heavy atom. The van der Waals surface area contributed by atoms with Gasteiger partial charge in [-0.2, -0.15) is 0 Å². The molecule has 204 valence electrons. The minimum atomic E-state index is 0. The predicted octanol–water partition coefficient (Wildman–Crippen LogP) is 8.94. The molecule has 2 heterocycles. The summed E-state index contributed by atoms with van der Waals surface area (Å²) in [6, 6.07) is 47.6. The number of phenolic OH excluding ortho intramolecular Hbond substituents is 1. The van der Waals surface area contributed by atoms with Gasteiger partial charge in [-0.1, -0.05) is 79.7 Å². The smallest absolute Gasteiger partial charge is 0.136 e. The molecule has 2 aromatic heterocycles. The molecular formula is C36H28N3OPt-. The normalized spacial score (nSPS) is 11.3. The minimum Gasteiger partial charge on any atom is -0.507 e. The number of aromatic nitrogens is 2. The van der Waals surface area contributed by atoms with Crippen LogP contribution < -0.4 is 4.90 Å². The molecular weight excluding hydrogens is 685 g/mol. The molecule has 6 rings (SSSR count). The van der Waals surface area contributed by atoms with Crippen LogP contribution in [-0.4, -0.2) is 15.1 Å². The number of anilines is 3. The third kappa shape index (κ3) is 6.14. The van der Waals surface area contributed by atoms with E-state index < -0.39 is 0 Å². The van der Waals surface area contributed by atoms with E-state index in [1.807, 2.05) is 103 Å². The Morgan fingerprint density at radius 2 is 1.39 bits per heavy atom. The Bertz CT molecular complexity index is 1690. The molecule has 1 N–H and O–H groups in total. The second-order valence-electron chi connectivity index (χ2n) is 9.63. The first kappa shape index (κ1) is 28.0. The molecule has 6 aromatic rings. The summed E-state index contributed by atoms with van der Waals surface area (Å²) in [6.45, 7) is 2.15. The third-order valence-corrected chi connectivity index (χ3v) is 7.04. The maximum atomic E-state index is 11.0. The van der Waals surface area contributed by atoms with Gasteiger partial charge in [-0.3, -0.25) is 4.98 Å². The molecule has 1 unspecified atom stereocenters. The van der Waals surface area contributed by atoms with Crippen molar-refractivity contribution in [3.8, 4) is 28.3 Å². The van der Waals surface area contributed by atoms with Gasteiger partial charge in [0, 0.05) is 44.4 Å². The molecule has 0 bridgehead atoms. The molecule has 0 amide bonds. The van der Waals surface area contributed by atoms with Gasteiger partial charge in [0.15, 0.2) is 0 Å². The largest absolute Gasteiger partial charge is 0.507 e. The summed E-state index contributed by atoms with van der Waals surface area (Å²) in [7, 11) is 0. The number of hydrogen-bond donors (Lipinski definition) is 1. The fourth-order valence-corrected chi connectivity index (χ4v) is 4.90. The number of aromatic hydroxyl groups is 1. The van der Waals surface area contributed by atoms with E-state index >= 15 is 0 Å². The van der Waals surface area contributed by atoms with E-state index in [1.54, 1.807) is 6.20 Å². The number of rotatable bonds is 7. The number of phenols is 1. The summed E-state index contributed by atoms with van der Waals surface area (Å²) in [5.74, 6) is 1.19. The van der Waals surface area contributed by atoms with E-state index in [-0.39, 0.29) is 32.7 Å². The van der Waals surface area contributed by atoms with Crippen LogP contribution in [0.2, 0.25) is 0 Å². The zero-order chi connectivity index (χ0) is 27.3. The Hall–Kier alpha value is -4.53. The zero-order valence-corrected chi connectivity index (χ0v) is 24.7. The summed E-state index contributed by atoms with van der Waals surface area (Å²) in [5.41, 5.74) is 7.14. The second-order valence-corrected chi connectivity index (χ2v) is 9.63. The Kier molecular flexibility index (Phi) is 8.72. The average Bonchev–Trinajstić information content (AvgIpc) is 3.02. The maximum Gasteiger partial charge on any atom is 0.136 e. The summed E-state index contributed by atoms with van der Waals surface area (Å²) in [6.07, 6.45) is 1.79. The van der Waals surface area contributed by atoms with Crippen LogP contribution >= 0.6 is 0 Å². The molecule has 0 fully saturated rings. The maximum absolute atomic E-state index is 11.0. The summed E-state index contributed by atoms with van der Waals surface area (Å²) >= 11 is 0. The van der Waals surface area contributed by atoms with E-state index in [4.69, 9.17) is 4.98 Å². The topological polar surface area (TPSA) is 49.2 Å². The van der Waals surface area contributed by atoms with Crippen molar-refractivity contribution in [2.45, 2.75) is 12.8 Å². The molecule has 5 heteroatoms. The molecule has 0 radical (unpaired) electrons. The standard InChI is InChI=1S/C36H28N3O.Pt/c1-26(27-12-4-2-5-13-27)28-21-22-32(35(40)25-28)34-19-11-18-33(38-34)29-14-10-17-31(24-29)39(30-15-6-3-7-16-30)36-20-8-9-23-37-36;/h2-23,25-26,40H,1H3;/q-1;. The van der Waals surface area contributed by atoms with Crippen LogP contribution in [0, 0.1) is 6.07 Å². The average molecular weight is 714 g/mol. The summed E-state index contributed by atoms with van der Waals surface area (Å²) < 4.78 is 0. The van der Waals surface area contributed by atoms with E-state index in [0.717, 1.165) is 34.0 Å². The summed E-state index contributed by atoms with van der Waals surface area (Å²) in [4.78, 5) is 11.6. The van der Waals surface area contributed by atoms with Crippen LogP contribution in [0.15, 0.2) is 140 Å². The number of nitrogens with zero attached hydrogens (tertiary/aromatic N) is 3. The van der Waals surface area contributed by atoms with Crippen molar-refractivity contribution >= 4 is 17.2 Å². The van der Waals surface area contributed by atoms with Gasteiger partial charge >= 0.3 is 0 Å². The molecule has 0 aliphatic rings. The second kappa shape index (κ2) is 12.8. The van der Waals surface area contributed by atoms with Crippen LogP contribution in [0.5, 0.6) is 5.75 Å². The van der Waals surface area contributed by atoms with E-state index in [2.05, 4.69) is 53.2 Å². The molecule has 0 aliphatic carbocycles. The van der Waals surface area contributed by atoms with Crippen molar-refractivity contribution in [1.82, 2.24) is 9.97 Å². The number of para-hydroxylation sites is 1. The monoisotopic (exact) mass is 713 g/mol. The first-order valence-corrected chi connectivity index (χ1v) is 13.3. The fraction of sp³-hybridized carbons (Fsp3) is 0.0556. The van der Waals surface area contributed by atoms with Gasteiger partial charge in [-0.15, -0.1) is 29.8 Å². The van der Waals surface area contributed by atoms with Gasteiger partial charge in [0.05, 0.1) is 5.69 Å². The molecule has 41 heavy (non-hydrogen) atoms. The predicted molar refractivity (Wildman–Crippen MR) is 162 cm³/mol. The first-order valence-electron chi connectivity index (χ1n) is 13.3. The number of hydrogen-bond acceptors (Lipinski definition) is 4.